The number of nitrogens with zero attached hydrogens (tertiary/aromatic N) is 2. The maximum Gasteiger partial charge on any atom is 0.282 e. The molecule has 2 heterocycles. The smallest absolute Gasteiger partial charge is 0.282 e. The molecule has 2 aliphatic heterocycles. The minimum atomic E-state index is -3.45. The van der Waals surface area contributed by atoms with Crippen LogP contribution in [0, 0.1) is 5.92 Å². The van der Waals surface area contributed by atoms with Gasteiger partial charge in [-0.3, -0.25) is 4.79 Å². The van der Waals surface area contributed by atoms with Crippen LogP contribution in [0.1, 0.15) is 38.5 Å². The Bertz CT molecular complexity index is 487. The Hall–Kier alpha value is -0.500. The highest BCUT2D eigenvalue weighted by atomic mass is 32.2. The van der Waals surface area contributed by atoms with E-state index in [2.05, 4.69) is 0 Å². The van der Waals surface area contributed by atoms with Gasteiger partial charge in [-0.05, 0) is 25.7 Å². The van der Waals surface area contributed by atoms with Crippen LogP contribution in [0.15, 0.2) is 0 Å². The van der Waals surface area contributed by atoms with Crippen LogP contribution in [-0.4, -0.2) is 61.7 Å². The lowest BCUT2D eigenvalue weighted by atomic mass is 9.82. The molecule has 21 heavy (non-hydrogen) atoms. The van der Waals surface area contributed by atoms with E-state index in [4.69, 9.17) is 4.74 Å². The second-order valence-corrected chi connectivity index (χ2v) is 8.04. The van der Waals surface area contributed by atoms with E-state index in [1.54, 1.807) is 4.31 Å². The summed E-state index contributed by atoms with van der Waals surface area (Å²) >= 11 is 0. The molecule has 0 N–H and O–H groups in total. The van der Waals surface area contributed by atoms with E-state index >= 15 is 0 Å². The number of hydrogen-bond donors (Lipinski definition) is 0. The van der Waals surface area contributed by atoms with E-state index in [1.165, 1.54) is 4.31 Å². The molecule has 2 saturated heterocycles. The fourth-order valence-electron chi connectivity index (χ4n) is 3.80. The predicted molar refractivity (Wildman–Crippen MR) is 78.0 cm³/mol. The van der Waals surface area contributed by atoms with Gasteiger partial charge in [0.05, 0.1) is 13.2 Å². The molecule has 0 amide bonds. The minimum absolute atomic E-state index is 0.0861. The second-order valence-electron chi connectivity index (χ2n) is 6.16. The number of morpholine rings is 1. The Balaban J connectivity index is 1.77. The average molecular weight is 316 g/mol. The summed E-state index contributed by atoms with van der Waals surface area (Å²) in [6.45, 7) is 2.31. The number of rotatable bonds is 3. The van der Waals surface area contributed by atoms with Gasteiger partial charge in [-0.2, -0.15) is 17.0 Å². The third kappa shape index (κ3) is 3.02. The van der Waals surface area contributed by atoms with Crippen LogP contribution in [-0.2, 0) is 19.7 Å². The first-order chi connectivity index (χ1) is 10.1. The molecule has 0 aromatic carbocycles. The second kappa shape index (κ2) is 6.32. The molecule has 3 fully saturated rings. The molecule has 0 aromatic rings. The van der Waals surface area contributed by atoms with Crippen molar-refractivity contribution in [2.24, 2.45) is 5.92 Å². The first kappa shape index (κ1) is 15.4. The fourth-order valence-corrected chi connectivity index (χ4v) is 5.66. The van der Waals surface area contributed by atoms with E-state index < -0.39 is 10.2 Å². The van der Waals surface area contributed by atoms with Crippen LogP contribution >= 0.6 is 0 Å². The molecule has 3 rings (SSSR count). The minimum Gasteiger partial charge on any atom is -0.379 e. The van der Waals surface area contributed by atoms with Gasteiger partial charge in [-0.1, -0.05) is 6.42 Å². The van der Waals surface area contributed by atoms with Crippen molar-refractivity contribution in [2.75, 3.05) is 32.8 Å². The van der Waals surface area contributed by atoms with Gasteiger partial charge in [0, 0.05) is 38.0 Å². The van der Waals surface area contributed by atoms with Crippen molar-refractivity contribution in [1.29, 1.82) is 0 Å². The Morgan fingerprint density at radius 2 is 1.76 bits per heavy atom. The van der Waals surface area contributed by atoms with Crippen molar-refractivity contribution in [3.05, 3.63) is 0 Å². The first-order valence-corrected chi connectivity index (χ1v) is 9.38. The maximum atomic E-state index is 12.8. The summed E-state index contributed by atoms with van der Waals surface area (Å²) in [7, 11) is -3.45. The zero-order valence-corrected chi connectivity index (χ0v) is 13.2. The van der Waals surface area contributed by atoms with Crippen LogP contribution in [0.25, 0.3) is 0 Å². The molecule has 0 aromatic heterocycles. The highest BCUT2D eigenvalue weighted by Crippen LogP contribution is 2.34. The normalized spacial score (nSPS) is 33.4. The molecule has 0 bridgehead atoms. The predicted octanol–water partition coefficient (Wildman–Crippen LogP) is 0.787. The summed E-state index contributed by atoms with van der Waals surface area (Å²) in [5, 5.41) is 0. The highest BCUT2D eigenvalue weighted by molar-refractivity contribution is 7.86. The van der Waals surface area contributed by atoms with E-state index in [9.17, 15) is 13.2 Å². The highest BCUT2D eigenvalue weighted by Gasteiger charge is 2.44. The molecule has 7 heteroatoms. The molecular formula is C14H24N2O4S. The van der Waals surface area contributed by atoms with E-state index in [0.717, 1.165) is 32.1 Å². The zero-order chi connectivity index (χ0) is 14.9. The van der Waals surface area contributed by atoms with Crippen LogP contribution in [0.3, 0.4) is 0 Å². The number of carbonyl (C=O) groups is 1. The average Bonchev–Trinajstić information content (AvgIpc) is 2.99. The van der Waals surface area contributed by atoms with Gasteiger partial charge in [0.25, 0.3) is 10.2 Å². The monoisotopic (exact) mass is 316 g/mol. The van der Waals surface area contributed by atoms with E-state index in [1.807, 2.05) is 0 Å². The van der Waals surface area contributed by atoms with Crippen molar-refractivity contribution in [3.8, 4) is 0 Å². The molecule has 0 spiro atoms. The van der Waals surface area contributed by atoms with Gasteiger partial charge in [0.15, 0.2) is 0 Å². The van der Waals surface area contributed by atoms with Crippen LogP contribution in [0.2, 0.25) is 0 Å². The van der Waals surface area contributed by atoms with Crippen LogP contribution in [0.5, 0.6) is 0 Å². The van der Waals surface area contributed by atoms with Crippen molar-refractivity contribution < 1.29 is 17.9 Å². The SMILES string of the molecule is O=C1CCCCC1C1CCCN1S(=O)(=O)N1CCOCC1. The summed E-state index contributed by atoms with van der Waals surface area (Å²) in [6, 6.07) is -0.120. The Kier molecular flexibility index (Phi) is 4.63. The molecule has 3 aliphatic rings. The topological polar surface area (TPSA) is 66.9 Å². The van der Waals surface area contributed by atoms with Crippen LogP contribution in [0.4, 0.5) is 0 Å². The van der Waals surface area contributed by atoms with Crippen molar-refractivity contribution in [3.63, 3.8) is 0 Å². The maximum absolute atomic E-state index is 12.8. The third-order valence-electron chi connectivity index (χ3n) is 4.91. The number of ketones is 1. The molecule has 6 nitrogen and oxygen atoms in total. The van der Waals surface area contributed by atoms with Gasteiger partial charge in [0.1, 0.15) is 5.78 Å². The zero-order valence-electron chi connectivity index (χ0n) is 12.4. The summed E-state index contributed by atoms with van der Waals surface area (Å²) in [4.78, 5) is 12.2. The third-order valence-corrected chi connectivity index (χ3v) is 6.97. The quantitative estimate of drug-likeness (QED) is 0.772. The number of carbonyl (C=O) groups excluding carboxylic acids is 1. The van der Waals surface area contributed by atoms with Crippen molar-refractivity contribution in [2.45, 2.75) is 44.6 Å². The molecule has 120 valence electrons. The standard InChI is InChI=1S/C14H24N2O4S/c17-14-6-2-1-4-12(14)13-5-3-7-16(13)21(18,19)15-8-10-20-11-9-15/h12-13H,1-11H2. The van der Waals surface area contributed by atoms with Gasteiger partial charge < -0.3 is 4.74 Å². The molecular weight excluding hydrogens is 292 g/mol. The van der Waals surface area contributed by atoms with Crippen molar-refractivity contribution >= 4 is 16.0 Å². The summed E-state index contributed by atoms with van der Waals surface area (Å²) in [5.74, 6) is 0.174. The first-order valence-electron chi connectivity index (χ1n) is 7.98. The number of ether oxygens (including phenoxy) is 1. The lowest BCUT2D eigenvalue weighted by Crippen LogP contribution is -2.52. The van der Waals surface area contributed by atoms with Crippen LogP contribution < -0.4 is 0 Å². The lowest BCUT2D eigenvalue weighted by Gasteiger charge is -2.36. The Labute approximate surface area is 126 Å². The Morgan fingerprint density at radius 1 is 1.00 bits per heavy atom. The Morgan fingerprint density at radius 3 is 2.48 bits per heavy atom. The number of hydrogen-bond acceptors (Lipinski definition) is 4. The van der Waals surface area contributed by atoms with Gasteiger partial charge in [-0.15, -0.1) is 0 Å². The van der Waals surface area contributed by atoms with E-state index in [0.29, 0.717) is 39.3 Å². The summed E-state index contributed by atoms with van der Waals surface area (Å²) in [6.07, 6.45) is 5.14. The molecule has 1 aliphatic carbocycles. The molecule has 1 saturated carbocycles. The van der Waals surface area contributed by atoms with Crippen molar-refractivity contribution in [1.82, 2.24) is 8.61 Å². The lowest BCUT2D eigenvalue weighted by molar-refractivity contribution is -0.126. The fraction of sp³-hybridized carbons (Fsp3) is 0.929. The molecule has 2 unspecified atom stereocenters. The summed E-state index contributed by atoms with van der Waals surface area (Å²) < 4.78 is 34.0. The van der Waals surface area contributed by atoms with E-state index in [-0.39, 0.29) is 17.7 Å². The largest absolute Gasteiger partial charge is 0.379 e. The van der Waals surface area contributed by atoms with Gasteiger partial charge >= 0.3 is 0 Å². The van der Waals surface area contributed by atoms with Gasteiger partial charge in [-0.25, -0.2) is 0 Å². The number of Topliss-reactive ketones (excluding diaryl/α,β-unsaturated/α-hetero) is 1. The van der Waals surface area contributed by atoms with Gasteiger partial charge in [0.2, 0.25) is 0 Å². The molecule has 2 atom stereocenters. The molecule has 0 radical (unpaired) electrons. The summed E-state index contributed by atoms with van der Waals surface area (Å²) in [5.41, 5.74) is 0.